The first kappa shape index (κ1) is 19.4. The molecular formula is C18H19Cl2N5O2. The van der Waals surface area contributed by atoms with Gasteiger partial charge in [-0.1, -0.05) is 29.3 Å². The fourth-order valence-electron chi connectivity index (χ4n) is 2.72. The van der Waals surface area contributed by atoms with Crippen LogP contribution in [0.1, 0.15) is 6.42 Å². The maximum absolute atomic E-state index is 11.8. The number of aliphatic hydroxyl groups excluding tert-OH is 1. The van der Waals surface area contributed by atoms with Crippen molar-refractivity contribution >= 4 is 45.8 Å². The first-order valence-corrected chi connectivity index (χ1v) is 9.13. The van der Waals surface area contributed by atoms with Gasteiger partial charge in [-0.3, -0.25) is 9.89 Å². The number of pyridine rings is 1. The molecule has 0 aliphatic carbocycles. The molecule has 0 fully saturated rings. The van der Waals surface area contributed by atoms with Crippen molar-refractivity contribution in [2.45, 2.75) is 6.42 Å². The van der Waals surface area contributed by atoms with Crippen LogP contribution in [-0.4, -0.2) is 52.9 Å². The van der Waals surface area contributed by atoms with E-state index < -0.39 is 0 Å². The average molecular weight is 408 g/mol. The molecule has 3 N–H and O–H groups in total. The molecule has 0 unspecified atom stereocenters. The number of halogens is 2. The molecule has 142 valence electrons. The van der Waals surface area contributed by atoms with Crippen molar-refractivity contribution in [1.29, 1.82) is 0 Å². The highest BCUT2D eigenvalue weighted by Gasteiger charge is 2.15. The summed E-state index contributed by atoms with van der Waals surface area (Å²) in [5.74, 6) is 0.533. The predicted molar refractivity (Wildman–Crippen MR) is 107 cm³/mol. The van der Waals surface area contributed by atoms with Gasteiger partial charge in [0.1, 0.15) is 5.82 Å². The van der Waals surface area contributed by atoms with Crippen molar-refractivity contribution in [1.82, 2.24) is 20.5 Å². The van der Waals surface area contributed by atoms with Gasteiger partial charge in [0.15, 0.2) is 0 Å². The third-order valence-corrected chi connectivity index (χ3v) is 4.96. The Bertz CT molecular complexity index is 947. The van der Waals surface area contributed by atoms with E-state index in [1.807, 2.05) is 24.1 Å². The topological polar surface area (TPSA) is 94.1 Å². The number of aromatic nitrogens is 3. The maximum Gasteiger partial charge on any atom is 0.221 e. The van der Waals surface area contributed by atoms with Crippen LogP contribution >= 0.6 is 23.2 Å². The second kappa shape index (κ2) is 8.56. The molecule has 27 heavy (non-hydrogen) atoms. The van der Waals surface area contributed by atoms with E-state index in [0.717, 1.165) is 16.5 Å². The van der Waals surface area contributed by atoms with E-state index in [0.29, 0.717) is 27.9 Å². The molecule has 7 nitrogen and oxygen atoms in total. The van der Waals surface area contributed by atoms with E-state index >= 15 is 0 Å². The monoisotopic (exact) mass is 407 g/mol. The lowest BCUT2D eigenvalue weighted by Crippen LogP contribution is -2.30. The molecule has 0 bridgehead atoms. The van der Waals surface area contributed by atoms with Gasteiger partial charge in [-0.2, -0.15) is 5.10 Å². The lowest BCUT2D eigenvalue weighted by molar-refractivity contribution is -0.121. The Kier molecular flexibility index (Phi) is 6.15. The van der Waals surface area contributed by atoms with Crippen LogP contribution in [-0.2, 0) is 4.79 Å². The second-order valence-corrected chi connectivity index (χ2v) is 6.80. The normalized spacial score (nSPS) is 11.0. The van der Waals surface area contributed by atoms with Crippen LogP contribution in [0, 0.1) is 0 Å². The SMILES string of the molecule is CN(CCC(=O)NCCO)c1cc(-c2cn[nH]c2)c2ccc(Cl)c(Cl)c2n1. The Morgan fingerprint density at radius 3 is 2.89 bits per heavy atom. The highest BCUT2D eigenvalue weighted by Crippen LogP contribution is 2.37. The molecule has 1 amide bonds. The summed E-state index contributed by atoms with van der Waals surface area (Å²) in [5, 5.41) is 19.9. The van der Waals surface area contributed by atoms with Crippen LogP contribution in [0.15, 0.2) is 30.6 Å². The Hall–Kier alpha value is -2.35. The largest absolute Gasteiger partial charge is 0.395 e. The number of carbonyl (C=O) groups is 1. The van der Waals surface area contributed by atoms with Crippen molar-refractivity contribution in [3.05, 3.63) is 40.6 Å². The number of aliphatic hydroxyl groups is 1. The van der Waals surface area contributed by atoms with Gasteiger partial charge in [0, 0.05) is 43.7 Å². The first-order valence-electron chi connectivity index (χ1n) is 8.38. The summed E-state index contributed by atoms with van der Waals surface area (Å²) in [6.07, 6.45) is 3.80. The Morgan fingerprint density at radius 2 is 2.19 bits per heavy atom. The summed E-state index contributed by atoms with van der Waals surface area (Å²) >= 11 is 12.6. The van der Waals surface area contributed by atoms with Gasteiger partial charge >= 0.3 is 0 Å². The number of rotatable bonds is 7. The van der Waals surface area contributed by atoms with E-state index in [9.17, 15) is 4.79 Å². The molecule has 3 aromatic rings. The van der Waals surface area contributed by atoms with Crippen LogP contribution in [0.2, 0.25) is 10.0 Å². The van der Waals surface area contributed by atoms with Crippen molar-refractivity contribution in [2.24, 2.45) is 0 Å². The second-order valence-electron chi connectivity index (χ2n) is 6.02. The minimum atomic E-state index is -0.132. The standard InChI is InChI=1S/C18H19Cl2N5O2/c1-25(6-4-16(27)21-5-7-26)15-8-13(11-9-22-23-10-11)12-2-3-14(19)17(20)18(12)24-15/h2-3,8-10,26H,4-7H2,1H3,(H,21,27)(H,22,23). The van der Waals surface area contributed by atoms with E-state index in [4.69, 9.17) is 28.3 Å². The summed E-state index contributed by atoms with van der Waals surface area (Å²) in [7, 11) is 1.85. The molecule has 0 aliphatic heterocycles. The lowest BCUT2D eigenvalue weighted by atomic mass is 10.0. The van der Waals surface area contributed by atoms with Gasteiger partial charge in [0.2, 0.25) is 5.91 Å². The van der Waals surface area contributed by atoms with Crippen molar-refractivity contribution < 1.29 is 9.90 Å². The van der Waals surface area contributed by atoms with Crippen LogP contribution < -0.4 is 10.2 Å². The highest BCUT2D eigenvalue weighted by atomic mass is 35.5. The molecule has 1 aromatic carbocycles. The van der Waals surface area contributed by atoms with E-state index in [1.54, 1.807) is 18.5 Å². The molecule has 2 heterocycles. The maximum atomic E-state index is 11.8. The minimum Gasteiger partial charge on any atom is -0.395 e. The number of hydrogen-bond acceptors (Lipinski definition) is 5. The zero-order valence-corrected chi connectivity index (χ0v) is 16.2. The Morgan fingerprint density at radius 1 is 1.37 bits per heavy atom. The smallest absolute Gasteiger partial charge is 0.221 e. The molecule has 0 saturated carbocycles. The number of nitrogens with zero attached hydrogens (tertiary/aromatic N) is 3. The Balaban J connectivity index is 1.96. The molecule has 0 aliphatic rings. The fourth-order valence-corrected chi connectivity index (χ4v) is 3.08. The van der Waals surface area contributed by atoms with E-state index in [-0.39, 0.29) is 25.5 Å². The third-order valence-electron chi connectivity index (χ3n) is 4.17. The van der Waals surface area contributed by atoms with Gasteiger partial charge in [-0.05, 0) is 17.7 Å². The number of fused-ring (bicyclic) bond motifs is 1. The van der Waals surface area contributed by atoms with E-state index in [1.165, 1.54) is 0 Å². The molecule has 0 radical (unpaired) electrons. The van der Waals surface area contributed by atoms with Gasteiger partial charge < -0.3 is 15.3 Å². The van der Waals surface area contributed by atoms with Gasteiger partial charge in [0.05, 0.1) is 28.4 Å². The number of aromatic amines is 1. The summed E-state index contributed by atoms with van der Waals surface area (Å²) < 4.78 is 0. The summed E-state index contributed by atoms with van der Waals surface area (Å²) in [6.45, 7) is 0.620. The molecule has 9 heteroatoms. The van der Waals surface area contributed by atoms with Crippen LogP contribution in [0.5, 0.6) is 0 Å². The van der Waals surface area contributed by atoms with Gasteiger partial charge in [0.25, 0.3) is 0 Å². The molecule has 0 saturated heterocycles. The highest BCUT2D eigenvalue weighted by molar-refractivity contribution is 6.45. The number of hydrogen-bond donors (Lipinski definition) is 3. The van der Waals surface area contributed by atoms with E-state index in [2.05, 4.69) is 20.5 Å². The molecule has 0 atom stereocenters. The van der Waals surface area contributed by atoms with Crippen molar-refractivity contribution in [2.75, 3.05) is 31.6 Å². The van der Waals surface area contributed by atoms with Crippen molar-refractivity contribution in [3.63, 3.8) is 0 Å². The number of H-pyrrole nitrogens is 1. The number of benzene rings is 1. The van der Waals surface area contributed by atoms with Crippen LogP contribution in [0.3, 0.4) is 0 Å². The zero-order valence-electron chi connectivity index (χ0n) is 14.7. The third kappa shape index (κ3) is 4.32. The average Bonchev–Trinajstić information content (AvgIpc) is 3.21. The van der Waals surface area contributed by atoms with Crippen molar-refractivity contribution in [3.8, 4) is 11.1 Å². The quantitative estimate of drug-likeness (QED) is 0.559. The van der Waals surface area contributed by atoms with Crippen LogP contribution in [0.25, 0.3) is 22.0 Å². The predicted octanol–water partition coefficient (Wildman–Crippen LogP) is 2.87. The van der Waals surface area contributed by atoms with Gasteiger partial charge in [-0.15, -0.1) is 0 Å². The number of anilines is 1. The van der Waals surface area contributed by atoms with Gasteiger partial charge in [-0.25, -0.2) is 4.98 Å². The molecule has 2 aromatic heterocycles. The minimum absolute atomic E-state index is 0.0822. The summed E-state index contributed by atoms with van der Waals surface area (Å²) in [4.78, 5) is 18.3. The summed E-state index contributed by atoms with van der Waals surface area (Å²) in [5.41, 5.74) is 2.41. The fraction of sp³-hybridized carbons (Fsp3) is 0.278. The molecule has 0 spiro atoms. The Labute approximate surface area is 166 Å². The number of amides is 1. The zero-order chi connectivity index (χ0) is 19.4. The lowest BCUT2D eigenvalue weighted by Gasteiger charge is -2.20. The number of nitrogens with one attached hydrogen (secondary N) is 2. The number of carbonyl (C=O) groups excluding carboxylic acids is 1. The molecular weight excluding hydrogens is 389 g/mol. The van der Waals surface area contributed by atoms with Crippen LogP contribution in [0.4, 0.5) is 5.82 Å². The first-order chi connectivity index (χ1) is 13.0. The summed E-state index contributed by atoms with van der Waals surface area (Å²) in [6, 6.07) is 5.56. The molecule has 3 rings (SSSR count).